The minimum atomic E-state index is -0.228. The third kappa shape index (κ3) is 2.44. The van der Waals surface area contributed by atoms with E-state index in [1.807, 2.05) is 16.7 Å². The third-order valence-corrected chi connectivity index (χ3v) is 4.06. The van der Waals surface area contributed by atoms with Crippen LogP contribution in [0.15, 0.2) is 48.8 Å². The van der Waals surface area contributed by atoms with Gasteiger partial charge in [-0.3, -0.25) is 0 Å². The van der Waals surface area contributed by atoms with Crippen molar-refractivity contribution in [3.05, 3.63) is 54.6 Å². The van der Waals surface area contributed by atoms with Crippen LogP contribution in [-0.4, -0.2) is 35.6 Å². The molecule has 0 amide bonds. The predicted molar refractivity (Wildman–Crippen MR) is 85.7 cm³/mol. The molecule has 5 heteroatoms. The molecule has 1 N–H and O–H groups in total. The molecule has 2 aromatic heterocycles. The number of fused-ring (bicyclic) bond motifs is 1. The molecule has 4 nitrogen and oxygen atoms in total. The first-order chi connectivity index (χ1) is 10.8. The van der Waals surface area contributed by atoms with E-state index in [2.05, 4.69) is 27.5 Å². The first-order valence-corrected chi connectivity index (χ1v) is 7.50. The molecule has 1 fully saturated rings. The lowest BCUT2D eigenvalue weighted by Gasteiger charge is -2.29. The van der Waals surface area contributed by atoms with Crippen molar-refractivity contribution in [2.75, 3.05) is 31.1 Å². The van der Waals surface area contributed by atoms with Crippen LogP contribution >= 0.6 is 0 Å². The average molecular weight is 296 g/mol. The van der Waals surface area contributed by atoms with Crippen LogP contribution in [0.4, 0.5) is 10.1 Å². The molecular weight excluding hydrogens is 279 g/mol. The number of nitrogens with zero attached hydrogens (tertiary/aromatic N) is 3. The van der Waals surface area contributed by atoms with Crippen LogP contribution < -0.4 is 10.2 Å². The molecule has 3 aromatic rings. The molecule has 0 bridgehead atoms. The van der Waals surface area contributed by atoms with Crippen molar-refractivity contribution in [2.24, 2.45) is 0 Å². The van der Waals surface area contributed by atoms with Gasteiger partial charge in [0.1, 0.15) is 11.5 Å². The molecule has 1 aliphatic rings. The highest BCUT2D eigenvalue weighted by molar-refractivity contribution is 5.64. The summed E-state index contributed by atoms with van der Waals surface area (Å²) in [4.78, 5) is 6.98. The molecule has 1 aliphatic heterocycles. The van der Waals surface area contributed by atoms with Gasteiger partial charge in [-0.25, -0.2) is 9.37 Å². The Morgan fingerprint density at radius 1 is 0.955 bits per heavy atom. The zero-order valence-corrected chi connectivity index (χ0v) is 12.2. The summed E-state index contributed by atoms with van der Waals surface area (Å²) in [5.41, 5.74) is 3.89. The molecule has 1 saturated heterocycles. The second kappa shape index (κ2) is 5.42. The van der Waals surface area contributed by atoms with Gasteiger partial charge in [0, 0.05) is 44.1 Å². The van der Waals surface area contributed by atoms with Gasteiger partial charge in [0.25, 0.3) is 0 Å². The van der Waals surface area contributed by atoms with E-state index in [0.29, 0.717) is 0 Å². The van der Waals surface area contributed by atoms with E-state index >= 15 is 0 Å². The number of benzene rings is 1. The smallest absolute Gasteiger partial charge is 0.137 e. The summed E-state index contributed by atoms with van der Waals surface area (Å²) in [7, 11) is 0. The minimum absolute atomic E-state index is 0.228. The van der Waals surface area contributed by atoms with Crippen LogP contribution in [0.3, 0.4) is 0 Å². The number of aromatic nitrogens is 2. The maximum atomic E-state index is 13.0. The molecule has 0 atom stereocenters. The highest BCUT2D eigenvalue weighted by atomic mass is 19.1. The van der Waals surface area contributed by atoms with Crippen molar-refractivity contribution >= 4 is 11.3 Å². The van der Waals surface area contributed by atoms with Crippen molar-refractivity contribution in [1.29, 1.82) is 0 Å². The number of nitrogens with one attached hydrogen (secondary N) is 1. The standard InChI is InChI=1S/C17H17FN4/c18-14-3-1-13(2-4-14)16-12-22-11-15(5-6-17(22)20-16)21-9-7-19-8-10-21/h1-6,11-12,19H,7-10H2. The van der Waals surface area contributed by atoms with Crippen molar-refractivity contribution in [3.63, 3.8) is 0 Å². The molecule has 0 spiro atoms. The zero-order valence-electron chi connectivity index (χ0n) is 12.2. The number of piperazine rings is 1. The maximum absolute atomic E-state index is 13.0. The van der Waals surface area contributed by atoms with Gasteiger partial charge in [0.05, 0.1) is 11.4 Å². The summed E-state index contributed by atoms with van der Waals surface area (Å²) in [6, 6.07) is 10.6. The van der Waals surface area contributed by atoms with Crippen molar-refractivity contribution in [2.45, 2.75) is 0 Å². The fraction of sp³-hybridized carbons (Fsp3) is 0.235. The van der Waals surface area contributed by atoms with Crippen LogP contribution in [0.2, 0.25) is 0 Å². The third-order valence-electron chi connectivity index (χ3n) is 4.06. The Bertz CT molecular complexity index is 788. The Hall–Kier alpha value is -2.40. The van der Waals surface area contributed by atoms with Gasteiger partial charge in [-0.05, 0) is 36.4 Å². The molecule has 3 heterocycles. The lowest BCUT2D eigenvalue weighted by molar-refractivity contribution is 0.588. The van der Waals surface area contributed by atoms with E-state index in [4.69, 9.17) is 0 Å². The van der Waals surface area contributed by atoms with Gasteiger partial charge in [0.2, 0.25) is 0 Å². The number of pyridine rings is 1. The van der Waals surface area contributed by atoms with Crippen molar-refractivity contribution < 1.29 is 4.39 Å². The molecular formula is C17H17FN4. The van der Waals surface area contributed by atoms with Crippen LogP contribution in [-0.2, 0) is 0 Å². The van der Waals surface area contributed by atoms with E-state index < -0.39 is 0 Å². The first kappa shape index (κ1) is 13.3. The number of rotatable bonds is 2. The Kier molecular flexibility index (Phi) is 3.27. The summed E-state index contributed by atoms with van der Waals surface area (Å²) in [5, 5.41) is 3.36. The number of hydrogen-bond donors (Lipinski definition) is 1. The highest BCUT2D eigenvalue weighted by Crippen LogP contribution is 2.22. The van der Waals surface area contributed by atoms with Crippen LogP contribution in [0.1, 0.15) is 0 Å². The molecule has 4 rings (SSSR count). The van der Waals surface area contributed by atoms with E-state index in [1.54, 1.807) is 12.1 Å². The molecule has 0 radical (unpaired) electrons. The minimum Gasteiger partial charge on any atom is -0.368 e. The fourth-order valence-electron chi connectivity index (χ4n) is 2.85. The molecule has 22 heavy (non-hydrogen) atoms. The Morgan fingerprint density at radius 2 is 1.73 bits per heavy atom. The Balaban J connectivity index is 1.69. The molecule has 0 aliphatic carbocycles. The second-order valence-corrected chi connectivity index (χ2v) is 5.52. The normalized spacial score (nSPS) is 15.4. The molecule has 1 aromatic carbocycles. The lowest BCUT2D eigenvalue weighted by Crippen LogP contribution is -2.43. The summed E-state index contributed by atoms with van der Waals surface area (Å²) in [6.07, 6.45) is 4.11. The van der Waals surface area contributed by atoms with Gasteiger partial charge in [-0.1, -0.05) is 0 Å². The van der Waals surface area contributed by atoms with Gasteiger partial charge in [-0.2, -0.15) is 0 Å². The van der Waals surface area contributed by atoms with Gasteiger partial charge in [-0.15, -0.1) is 0 Å². The lowest BCUT2D eigenvalue weighted by atomic mass is 10.2. The highest BCUT2D eigenvalue weighted by Gasteiger charge is 2.12. The maximum Gasteiger partial charge on any atom is 0.137 e. The van der Waals surface area contributed by atoms with E-state index in [1.165, 1.54) is 17.8 Å². The average Bonchev–Trinajstić information content (AvgIpc) is 2.99. The number of imidazole rings is 1. The van der Waals surface area contributed by atoms with E-state index in [0.717, 1.165) is 43.1 Å². The number of halogens is 1. The SMILES string of the molecule is Fc1ccc(-c2cn3cc(N4CCNCC4)ccc3n2)cc1. The van der Waals surface area contributed by atoms with Gasteiger partial charge in [0.15, 0.2) is 0 Å². The topological polar surface area (TPSA) is 32.6 Å². The van der Waals surface area contributed by atoms with Crippen molar-refractivity contribution in [3.8, 4) is 11.3 Å². The second-order valence-electron chi connectivity index (χ2n) is 5.52. The van der Waals surface area contributed by atoms with Gasteiger partial charge < -0.3 is 14.6 Å². The largest absolute Gasteiger partial charge is 0.368 e. The first-order valence-electron chi connectivity index (χ1n) is 7.50. The summed E-state index contributed by atoms with van der Waals surface area (Å²) < 4.78 is 15.1. The zero-order chi connectivity index (χ0) is 14.9. The fourth-order valence-corrected chi connectivity index (χ4v) is 2.85. The van der Waals surface area contributed by atoms with Crippen molar-refractivity contribution in [1.82, 2.24) is 14.7 Å². The quantitative estimate of drug-likeness (QED) is 0.789. The number of anilines is 1. The van der Waals surface area contributed by atoms with Crippen LogP contribution in [0.25, 0.3) is 16.9 Å². The summed E-state index contributed by atoms with van der Waals surface area (Å²) in [5.74, 6) is -0.228. The molecule has 112 valence electrons. The van der Waals surface area contributed by atoms with E-state index in [9.17, 15) is 4.39 Å². The van der Waals surface area contributed by atoms with Crippen LogP contribution in [0, 0.1) is 5.82 Å². The van der Waals surface area contributed by atoms with Gasteiger partial charge >= 0.3 is 0 Å². The Morgan fingerprint density at radius 3 is 2.50 bits per heavy atom. The van der Waals surface area contributed by atoms with E-state index in [-0.39, 0.29) is 5.82 Å². The van der Waals surface area contributed by atoms with Crippen LogP contribution in [0.5, 0.6) is 0 Å². The monoisotopic (exact) mass is 296 g/mol. The predicted octanol–water partition coefficient (Wildman–Crippen LogP) is 2.55. The summed E-state index contributed by atoms with van der Waals surface area (Å²) in [6.45, 7) is 4.07. The number of hydrogen-bond acceptors (Lipinski definition) is 3. The summed E-state index contributed by atoms with van der Waals surface area (Å²) >= 11 is 0. The molecule has 0 unspecified atom stereocenters. The molecule has 0 saturated carbocycles. The Labute approximate surface area is 128 Å².